The number of hydrogen-bond acceptors (Lipinski definition) is 5. The topological polar surface area (TPSA) is 79.6 Å². The van der Waals surface area contributed by atoms with E-state index < -0.39 is 27.7 Å². The van der Waals surface area contributed by atoms with Crippen molar-refractivity contribution in [1.82, 2.24) is 9.62 Å². The van der Waals surface area contributed by atoms with Gasteiger partial charge in [-0.25, -0.2) is 8.42 Å². The van der Waals surface area contributed by atoms with Crippen molar-refractivity contribution in [3.63, 3.8) is 0 Å². The maximum Gasteiger partial charge on any atom is 0.416 e. The molecular formula is C21H19F3N2O4S2. The predicted molar refractivity (Wildman–Crippen MR) is 113 cm³/mol. The number of rotatable bonds is 6. The Balaban J connectivity index is 1.41. The quantitative estimate of drug-likeness (QED) is 0.548. The summed E-state index contributed by atoms with van der Waals surface area (Å²) in [5.41, 5.74) is -0.608. The molecule has 3 aromatic rings. The van der Waals surface area contributed by atoms with E-state index in [0.717, 1.165) is 36.3 Å². The first-order chi connectivity index (χ1) is 15.1. The molecule has 6 nitrogen and oxygen atoms in total. The van der Waals surface area contributed by atoms with Gasteiger partial charge in [-0.1, -0.05) is 12.1 Å². The highest BCUT2D eigenvalue weighted by Gasteiger charge is 2.31. The molecule has 0 radical (unpaired) electrons. The zero-order valence-electron chi connectivity index (χ0n) is 16.7. The molecule has 2 aromatic heterocycles. The third-order valence-corrected chi connectivity index (χ3v) is 8.47. The van der Waals surface area contributed by atoms with Gasteiger partial charge in [0.05, 0.1) is 12.1 Å². The second-order valence-electron chi connectivity index (χ2n) is 7.26. The van der Waals surface area contributed by atoms with Gasteiger partial charge in [0.25, 0.3) is 15.9 Å². The SMILES string of the molecule is O=C(NCc1ccc(S(=O)(=O)N2CCCC2)s1)c1ccc(-c2cccc(C(F)(F)F)c2)o1. The minimum atomic E-state index is -4.48. The maximum atomic E-state index is 12.9. The molecule has 3 heterocycles. The molecule has 1 fully saturated rings. The van der Waals surface area contributed by atoms with Crippen molar-refractivity contribution in [2.24, 2.45) is 0 Å². The van der Waals surface area contributed by atoms with Gasteiger partial charge >= 0.3 is 6.18 Å². The lowest BCUT2D eigenvalue weighted by Gasteiger charge is -2.13. The van der Waals surface area contributed by atoms with Crippen molar-refractivity contribution < 1.29 is 30.8 Å². The number of carbonyl (C=O) groups is 1. The average Bonchev–Trinajstić information content (AvgIpc) is 3.53. The summed E-state index contributed by atoms with van der Waals surface area (Å²) in [6.45, 7) is 1.12. The second-order valence-corrected chi connectivity index (χ2v) is 10.6. The number of amides is 1. The Kier molecular flexibility index (Phi) is 6.15. The summed E-state index contributed by atoms with van der Waals surface area (Å²) in [7, 11) is -3.51. The fourth-order valence-electron chi connectivity index (χ4n) is 3.37. The molecule has 0 aliphatic carbocycles. The number of alkyl halides is 3. The Morgan fingerprint density at radius 3 is 2.56 bits per heavy atom. The van der Waals surface area contributed by atoms with Crippen molar-refractivity contribution in [2.45, 2.75) is 29.8 Å². The van der Waals surface area contributed by atoms with E-state index in [-0.39, 0.29) is 27.8 Å². The van der Waals surface area contributed by atoms with Crippen LogP contribution in [0.25, 0.3) is 11.3 Å². The van der Waals surface area contributed by atoms with E-state index >= 15 is 0 Å². The predicted octanol–water partition coefficient (Wildman–Crippen LogP) is 4.74. The van der Waals surface area contributed by atoms with E-state index in [2.05, 4.69) is 5.32 Å². The zero-order valence-corrected chi connectivity index (χ0v) is 18.3. The molecule has 170 valence electrons. The first-order valence-electron chi connectivity index (χ1n) is 9.79. The third-order valence-electron chi connectivity index (χ3n) is 5.02. The molecule has 0 bridgehead atoms. The van der Waals surface area contributed by atoms with Crippen LogP contribution in [0, 0.1) is 0 Å². The van der Waals surface area contributed by atoms with Crippen LogP contribution in [-0.2, 0) is 22.7 Å². The Labute approximate surface area is 186 Å². The number of halogens is 3. The molecule has 0 spiro atoms. The van der Waals surface area contributed by atoms with E-state index in [4.69, 9.17) is 4.42 Å². The Hall–Kier alpha value is -2.63. The highest BCUT2D eigenvalue weighted by Crippen LogP contribution is 2.33. The number of nitrogens with one attached hydrogen (secondary N) is 1. The van der Waals surface area contributed by atoms with Crippen molar-refractivity contribution in [2.75, 3.05) is 13.1 Å². The summed E-state index contributed by atoms with van der Waals surface area (Å²) >= 11 is 1.09. The Bertz CT molecular complexity index is 1230. The van der Waals surface area contributed by atoms with Crippen LogP contribution >= 0.6 is 11.3 Å². The van der Waals surface area contributed by atoms with E-state index in [1.54, 1.807) is 6.07 Å². The van der Waals surface area contributed by atoms with Crippen molar-refractivity contribution in [3.8, 4) is 11.3 Å². The van der Waals surface area contributed by atoms with E-state index in [1.165, 1.54) is 34.6 Å². The molecule has 0 unspecified atom stereocenters. The second kappa shape index (κ2) is 8.72. The van der Waals surface area contributed by atoms with E-state index in [9.17, 15) is 26.4 Å². The van der Waals surface area contributed by atoms with Crippen molar-refractivity contribution in [1.29, 1.82) is 0 Å². The van der Waals surface area contributed by atoms with Crippen LogP contribution in [0.15, 0.2) is 57.2 Å². The fourth-order valence-corrected chi connectivity index (χ4v) is 6.33. The van der Waals surface area contributed by atoms with Crippen LogP contribution in [0.2, 0.25) is 0 Å². The summed E-state index contributed by atoms with van der Waals surface area (Å²) in [6.07, 6.45) is -2.79. The van der Waals surface area contributed by atoms with Gasteiger partial charge < -0.3 is 9.73 Å². The number of carbonyl (C=O) groups excluding carboxylic acids is 1. The first kappa shape index (κ1) is 22.6. The number of nitrogens with zero attached hydrogens (tertiary/aromatic N) is 1. The molecule has 1 aromatic carbocycles. The summed E-state index contributed by atoms with van der Waals surface area (Å²) in [5.74, 6) is -0.476. The molecule has 1 aliphatic heterocycles. The minimum Gasteiger partial charge on any atom is -0.451 e. The summed E-state index contributed by atoms with van der Waals surface area (Å²) in [4.78, 5) is 13.0. The van der Waals surface area contributed by atoms with Gasteiger partial charge in [-0.3, -0.25) is 4.79 Å². The van der Waals surface area contributed by atoms with E-state index in [1.807, 2.05) is 0 Å². The van der Waals surface area contributed by atoms with E-state index in [0.29, 0.717) is 18.0 Å². The molecule has 11 heteroatoms. The third kappa shape index (κ3) is 4.74. The number of hydrogen-bond donors (Lipinski definition) is 1. The van der Waals surface area contributed by atoms with Gasteiger partial charge in [0.2, 0.25) is 0 Å². The largest absolute Gasteiger partial charge is 0.451 e. The molecule has 1 saturated heterocycles. The van der Waals surface area contributed by atoms with Crippen molar-refractivity contribution >= 4 is 27.3 Å². The molecule has 32 heavy (non-hydrogen) atoms. The lowest BCUT2D eigenvalue weighted by molar-refractivity contribution is -0.137. The summed E-state index contributed by atoms with van der Waals surface area (Å²) in [5, 5.41) is 2.64. The fraction of sp³-hybridized carbons (Fsp3) is 0.286. The van der Waals surface area contributed by atoms with Crippen molar-refractivity contribution in [3.05, 3.63) is 64.7 Å². The van der Waals surface area contributed by atoms with Crippen LogP contribution in [0.4, 0.5) is 13.2 Å². The highest BCUT2D eigenvalue weighted by atomic mass is 32.2. The standard InChI is InChI=1S/C21H19F3N2O4S2/c22-21(23,24)15-5-3-4-14(12-15)17-7-8-18(30-17)20(27)25-13-16-6-9-19(31-16)32(28,29)26-10-1-2-11-26/h3-9,12H,1-2,10-11,13H2,(H,25,27). The van der Waals surface area contributed by atoms with Gasteiger partial charge in [0, 0.05) is 23.5 Å². The molecule has 1 aliphatic rings. The molecule has 1 amide bonds. The molecule has 1 N–H and O–H groups in total. The zero-order chi connectivity index (χ0) is 22.9. The van der Waals surface area contributed by atoms with Crippen LogP contribution in [-0.4, -0.2) is 31.7 Å². The van der Waals surface area contributed by atoms with Gasteiger partial charge in [0.1, 0.15) is 9.97 Å². The molecule has 0 atom stereocenters. The van der Waals surface area contributed by atoms with Crippen LogP contribution < -0.4 is 5.32 Å². The van der Waals surface area contributed by atoms with Crippen LogP contribution in [0.5, 0.6) is 0 Å². The van der Waals surface area contributed by atoms with Gasteiger partial charge in [-0.05, 0) is 49.2 Å². The van der Waals surface area contributed by atoms with Gasteiger partial charge in [-0.2, -0.15) is 17.5 Å². The smallest absolute Gasteiger partial charge is 0.416 e. The average molecular weight is 485 g/mol. The monoisotopic (exact) mass is 484 g/mol. The van der Waals surface area contributed by atoms with Crippen LogP contribution in [0.1, 0.15) is 33.8 Å². The number of thiophene rings is 1. The Morgan fingerprint density at radius 2 is 1.84 bits per heavy atom. The lowest BCUT2D eigenvalue weighted by atomic mass is 10.1. The van der Waals surface area contributed by atoms with Crippen LogP contribution in [0.3, 0.4) is 0 Å². The first-order valence-corrected chi connectivity index (χ1v) is 12.0. The normalized spacial score (nSPS) is 15.2. The van der Waals surface area contributed by atoms with Gasteiger partial charge in [0.15, 0.2) is 5.76 Å². The molecule has 4 rings (SSSR count). The maximum absolute atomic E-state index is 12.9. The number of benzene rings is 1. The molecule has 0 saturated carbocycles. The number of furan rings is 1. The highest BCUT2D eigenvalue weighted by molar-refractivity contribution is 7.91. The minimum absolute atomic E-state index is 0.0566. The summed E-state index contributed by atoms with van der Waals surface area (Å²) < 4.78 is 71.0. The summed E-state index contributed by atoms with van der Waals surface area (Å²) in [6, 6.07) is 10.6. The lowest BCUT2D eigenvalue weighted by Crippen LogP contribution is -2.27. The number of sulfonamides is 1. The Morgan fingerprint density at radius 1 is 1.09 bits per heavy atom. The van der Waals surface area contributed by atoms with Gasteiger partial charge in [-0.15, -0.1) is 11.3 Å². The molecular weight excluding hydrogens is 465 g/mol.